The zero-order valence-corrected chi connectivity index (χ0v) is 19.9. The van der Waals surface area contributed by atoms with E-state index in [1.165, 1.54) is 18.4 Å². The first-order chi connectivity index (χ1) is 18.2. The van der Waals surface area contributed by atoms with Gasteiger partial charge < -0.3 is 23.6 Å². The van der Waals surface area contributed by atoms with E-state index in [1.54, 1.807) is 22.9 Å². The van der Waals surface area contributed by atoms with E-state index in [1.807, 2.05) is 31.2 Å². The molecule has 3 aromatic heterocycles. The molecule has 0 radical (unpaired) electrons. The molecule has 0 aliphatic carbocycles. The molecule has 194 valence electrons. The Morgan fingerprint density at radius 3 is 2.55 bits per heavy atom. The van der Waals surface area contributed by atoms with Crippen LogP contribution in [0, 0.1) is 0 Å². The maximum atomic E-state index is 12.4. The van der Waals surface area contributed by atoms with Gasteiger partial charge >= 0.3 is 12.3 Å². The number of aromatic carboxylic acids is 1. The zero-order chi connectivity index (χ0) is 26.9. The van der Waals surface area contributed by atoms with Crippen molar-refractivity contribution in [3.8, 4) is 34.2 Å². The van der Waals surface area contributed by atoms with Crippen LogP contribution >= 0.6 is 0 Å². The van der Waals surface area contributed by atoms with Crippen LogP contribution in [0.1, 0.15) is 23.1 Å². The molecular formula is C27H20F3N3O5. The molecule has 0 saturated heterocycles. The van der Waals surface area contributed by atoms with E-state index >= 15 is 0 Å². The van der Waals surface area contributed by atoms with Gasteiger partial charge in [0.05, 0.1) is 30.1 Å². The van der Waals surface area contributed by atoms with Crippen LogP contribution in [-0.2, 0) is 6.54 Å². The summed E-state index contributed by atoms with van der Waals surface area (Å²) in [4.78, 5) is 21.0. The van der Waals surface area contributed by atoms with Crippen LogP contribution in [0.5, 0.6) is 11.5 Å². The van der Waals surface area contributed by atoms with Crippen molar-refractivity contribution in [1.82, 2.24) is 14.5 Å². The lowest BCUT2D eigenvalue weighted by molar-refractivity contribution is -0.274. The third-order valence-corrected chi connectivity index (χ3v) is 5.67. The second kappa shape index (κ2) is 9.92. The van der Waals surface area contributed by atoms with Crippen molar-refractivity contribution in [2.45, 2.75) is 19.8 Å². The average Bonchev–Trinajstić information content (AvgIpc) is 3.49. The maximum Gasteiger partial charge on any atom is 0.573 e. The first-order valence-electron chi connectivity index (χ1n) is 11.5. The predicted molar refractivity (Wildman–Crippen MR) is 131 cm³/mol. The molecule has 0 bridgehead atoms. The quantitative estimate of drug-likeness (QED) is 0.251. The average molecular weight is 523 g/mol. The molecule has 0 aliphatic rings. The lowest BCUT2D eigenvalue weighted by Gasteiger charge is -2.09. The fraction of sp³-hybridized carbons (Fsp3) is 0.148. The van der Waals surface area contributed by atoms with Crippen molar-refractivity contribution in [2.75, 3.05) is 6.61 Å². The summed E-state index contributed by atoms with van der Waals surface area (Å²) in [6.07, 6.45) is -1.81. The summed E-state index contributed by atoms with van der Waals surface area (Å²) >= 11 is 0. The monoisotopic (exact) mass is 523 g/mol. The van der Waals surface area contributed by atoms with E-state index in [0.29, 0.717) is 40.2 Å². The fourth-order valence-corrected chi connectivity index (χ4v) is 4.14. The van der Waals surface area contributed by atoms with Gasteiger partial charge in [-0.1, -0.05) is 12.1 Å². The fourth-order valence-electron chi connectivity index (χ4n) is 4.14. The van der Waals surface area contributed by atoms with Gasteiger partial charge in [-0.15, -0.1) is 13.2 Å². The maximum absolute atomic E-state index is 12.4. The van der Waals surface area contributed by atoms with E-state index in [9.17, 15) is 23.1 Å². The summed E-state index contributed by atoms with van der Waals surface area (Å²) in [5.74, 6) is -0.648. The van der Waals surface area contributed by atoms with E-state index < -0.39 is 12.3 Å². The van der Waals surface area contributed by atoms with Gasteiger partial charge in [-0.05, 0) is 55.5 Å². The molecule has 38 heavy (non-hydrogen) atoms. The Morgan fingerprint density at radius 1 is 1.05 bits per heavy atom. The number of fused-ring (bicyclic) bond motifs is 1. The number of oxazole rings is 1. The highest BCUT2D eigenvalue weighted by molar-refractivity contribution is 6.00. The normalized spacial score (nSPS) is 11.6. The van der Waals surface area contributed by atoms with E-state index in [4.69, 9.17) is 9.15 Å². The molecule has 3 heterocycles. The minimum absolute atomic E-state index is 0.0356. The number of ether oxygens (including phenoxy) is 2. The van der Waals surface area contributed by atoms with E-state index in [-0.39, 0.29) is 23.9 Å². The first kappa shape index (κ1) is 24.9. The molecule has 8 nitrogen and oxygen atoms in total. The van der Waals surface area contributed by atoms with Gasteiger partial charge in [0.2, 0.25) is 5.89 Å². The number of alkyl halides is 3. The molecule has 5 aromatic rings. The van der Waals surface area contributed by atoms with Crippen LogP contribution in [0.4, 0.5) is 13.2 Å². The highest BCUT2D eigenvalue weighted by atomic mass is 19.4. The zero-order valence-electron chi connectivity index (χ0n) is 19.9. The predicted octanol–water partition coefficient (Wildman–Crippen LogP) is 6.40. The molecule has 0 fully saturated rings. The van der Waals surface area contributed by atoms with Gasteiger partial charge in [-0.3, -0.25) is 4.98 Å². The third-order valence-electron chi connectivity index (χ3n) is 5.67. The van der Waals surface area contributed by atoms with Crippen molar-refractivity contribution in [2.24, 2.45) is 0 Å². The highest BCUT2D eigenvalue weighted by Crippen LogP contribution is 2.32. The van der Waals surface area contributed by atoms with Gasteiger partial charge in [-0.2, -0.15) is 0 Å². The van der Waals surface area contributed by atoms with E-state index in [2.05, 4.69) is 14.7 Å². The van der Waals surface area contributed by atoms with Crippen LogP contribution < -0.4 is 9.47 Å². The number of aromatic nitrogens is 3. The molecular weight excluding hydrogens is 503 g/mol. The largest absolute Gasteiger partial charge is 0.573 e. The Balaban J connectivity index is 1.48. The number of carboxylic acid groups (broad SMARTS) is 1. The molecule has 11 heteroatoms. The molecule has 5 rings (SSSR count). The number of rotatable bonds is 8. The van der Waals surface area contributed by atoms with Gasteiger partial charge in [0.25, 0.3) is 0 Å². The second-order valence-corrected chi connectivity index (χ2v) is 8.19. The van der Waals surface area contributed by atoms with Gasteiger partial charge in [0, 0.05) is 22.7 Å². The summed E-state index contributed by atoms with van der Waals surface area (Å²) in [5, 5.41) is 10.6. The minimum atomic E-state index is -4.79. The molecule has 0 unspecified atom stereocenters. The molecule has 0 saturated carbocycles. The van der Waals surface area contributed by atoms with Crippen molar-refractivity contribution in [1.29, 1.82) is 0 Å². The number of benzene rings is 2. The van der Waals surface area contributed by atoms with Crippen LogP contribution in [0.2, 0.25) is 0 Å². The molecule has 0 atom stereocenters. The first-order valence-corrected chi connectivity index (χ1v) is 11.5. The summed E-state index contributed by atoms with van der Waals surface area (Å²) in [5.41, 5.74) is 2.90. The Labute approximate surface area is 213 Å². The lowest BCUT2D eigenvalue weighted by atomic mass is 10.1. The molecule has 1 N–H and O–H groups in total. The van der Waals surface area contributed by atoms with Gasteiger partial charge in [0.15, 0.2) is 0 Å². The van der Waals surface area contributed by atoms with Gasteiger partial charge in [-0.25, -0.2) is 9.78 Å². The van der Waals surface area contributed by atoms with Gasteiger partial charge in [0.1, 0.15) is 23.5 Å². The van der Waals surface area contributed by atoms with Crippen molar-refractivity contribution in [3.63, 3.8) is 0 Å². The Kier molecular flexibility index (Phi) is 6.50. The number of halogens is 3. The standard InChI is InChI=1S/C27H20F3N3O5/c1-2-36-20-5-3-4-17(12-20)24-21-13-23(26(34)35)33(22(21)10-11-31-24)14-18-15-37-25(32-18)16-6-8-19(9-7-16)38-27(28,29)30/h3-13,15H,2,14H2,1H3,(H,34,35). The minimum Gasteiger partial charge on any atom is -0.494 e. The number of carbonyl (C=O) groups is 1. The third kappa shape index (κ3) is 5.17. The summed E-state index contributed by atoms with van der Waals surface area (Å²) in [6.45, 7) is 2.47. The number of hydrogen-bond acceptors (Lipinski definition) is 6. The summed E-state index contributed by atoms with van der Waals surface area (Å²) in [7, 11) is 0. The number of carboxylic acids is 1. The van der Waals surface area contributed by atoms with E-state index in [0.717, 1.165) is 17.7 Å². The number of pyridine rings is 1. The Hall–Kier alpha value is -4.80. The molecule has 0 aliphatic heterocycles. The van der Waals surface area contributed by atoms with Crippen LogP contribution in [0.25, 0.3) is 33.6 Å². The number of nitrogens with zero attached hydrogens (tertiary/aromatic N) is 3. The van der Waals surface area contributed by atoms with Crippen molar-refractivity contribution in [3.05, 3.63) is 84.5 Å². The lowest BCUT2D eigenvalue weighted by Crippen LogP contribution is -2.16. The topological polar surface area (TPSA) is 99.6 Å². The second-order valence-electron chi connectivity index (χ2n) is 8.19. The van der Waals surface area contributed by atoms with Crippen LogP contribution in [0.3, 0.4) is 0 Å². The van der Waals surface area contributed by atoms with Crippen LogP contribution in [0.15, 0.2) is 77.5 Å². The number of hydrogen-bond donors (Lipinski definition) is 1. The van der Waals surface area contributed by atoms with Crippen molar-refractivity contribution >= 4 is 16.9 Å². The Bertz CT molecular complexity index is 1610. The summed E-state index contributed by atoms with van der Waals surface area (Å²) in [6, 6.07) is 15.8. The SMILES string of the molecule is CCOc1cccc(-c2nccc3c2cc(C(=O)O)n3Cc2coc(-c3ccc(OC(F)(F)F)cc3)n2)c1. The Morgan fingerprint density at radius 2 is 1.84 bits per heavy atom. The van der Waals surface area contributed by atoms with Crippen LogP contribution in [-0.4, -0.2) is 38.6 Å². The highest BCUT2D eigenvalue weighted by Gasteiger charge is 2.31. The smallest absolute Gasteiger partial charge is 0.494 e. The molecule has 2 aromatic carbocycles. The van der Waals surface area contributed by atoms with Crippen molar-refractivity contribution < 1.29 is 37.0 Å². The molecule has 0 spiro atoms. The summed E-state index contributed by atoms with van der Waals surface area (Å²) < 4.78 is 53.8. The molecule has 0 amide bonds.